The molecule has 1 amide bonds. The van der Waals surface area contributed by atoms with Gasteiger partial charge in [-0.1, -0.05) is 0 Å². The molecular weight excluding hydrogens is 302 g/mol. The van der Waals surface area contributed by atoms with Gasteiger partial charge in [-0.3, -0.25) is 4.79 Å². The maximum absolute atomic E-state index is 12.0. The molecule has 1 heterocycles. The van der Waals surface area contributed by atoms with Crippen molar-refractivity contribution in [3.63, 3.8) is 0 Å². The van der Waals surface area contributed by atoms with Crippen LogP contribution in [0.4, 0.5) is 5.69 Å². The number of carbonyl (C=O) groups excluding carboxylic acids is 3. The van der Waals surface area contributed by atoms with Crippen molar-refractivity contribution in [1.29, 1.82) is 0 Å². The number of ether oxygens (including phenoxy) is 2. The normalized spacial score (nSPS) is 10.0. The predicted molar refractivity (Wildman–Crippen MR) is 79.9 cm³/mol. The minimum atomic E-state index is -0.638. The molecule has 1 aromatic carbocycles. The van der Waals surface area contributed by atoms with Crippen molar-refractivity contribution in [2.75, 3.05) is 12.4 Å². The van der Waals surface area contributed by atoms with Crippen molar-refractivity contribution < 1.29 is 28.3 Å². The van der Waals surface area contributed by atoms with Crippen molar-refractivity contribution >= 4 is 23.5 Å². The molecule has 23 heavy (non-hydrogen) atoms. The molecule has 0 unspecified atom stereocenters. The molecule has 0 atom stereocenters. The molecule has 1 N–H and O–H groups in total. The Morgan fingerprint density at radius 3 is 2.39 bits per heavy atom. The Hall–Kier alpha value is -3.09. The van der Waals surface area contributed by atoms with Crippen LogP contribution in [0.3, 0.4) is 0 Å². The molecule has 0 radical (unpaired) electrons. The quantitative estimate of drug-likeness (QED) is 0.851. The molecule has 0 aliphatic heterocycles. The number of methoxy groups -OCH3 is 1. The molecule has 0 bridgehead atoms. The zero-order valence-electron chi connectivity index (χ0n) is 12.6. The maximum atomic E-state index is 12.0. The SMILES string of the molecule is COC(=O)c1occc1COC(=O)c1ccc(NC(C)=O)cc1. The first-order valence-electron chi connectivity index (χ1n) is 6.70. The highest BCUT2D eigenvalue weighted by Gasteiger charge is 2.17. The molecule has 0 aliphatic carbocycles. The van der Waals surface area contributed by atoms with Crippen molar-refractivity contribution in [2.24, 2.45) is 0 Å². The average Bonchev–Trinajstić information content (AvgIpc) is 3.00. The summed E-state index contributed by atoms with van der Waals surface area (Å²) >= 11 is 0. The Balaban J connectivity index is 1.98. The van der Waals surface area contributed by atoms with Gasteiger partial charge in [0.2, 0.25) is 11.7 Å². The molecule has 0 spiro atoms. The van der Waals surface area contributed by atoms with Crippen LogP contribution in [0.25, 0.3) is 0 Å². The number of hydrogen-bond donors (Lipinski definition) is 1. The van der Waals surface area contributed by atoms with Crippen LogP contribution in [0.1, 0.15) is 33.4 Å². The van der Waals surface area contributed by atoms with Crippen LogP contribution in [0.15, 0.2) is 41.0 Å². The van der Waals surface area contributed by atoms with Crippen molar-refractivity contribution in [3.8, 4) is 0 Å². The van der Waals surface area contributed by atoms with E-state index < -0.39 is 11.9 Å². The fourth-order valence-electron chi connectivity index (χ4n) is 1.84. The first-order valence-corrected chi connectivity index (χ1v) is 6.70. The minimum Gasteiger partial charge on any atom is -0.463 e. The van der Waals surface area contributed by atoms with E-state index in [0.29, 0.717) is 16.8 Å². The molecule has 2 rings (SSSR count). The first kappa shape index (κ1) is 16.3. The van der Waals surface area contributed by atoms with Crippen molar-refractivity contribution in [1.82, 2.24) is 0 Å². The summed E-state index contributed by atoms with van der Waals surface area (Å²) in [6.45, 7) is 1.28. The van der Waals surface area contributed by atoms with E-state index in [1.165, 1.54) is 38.5 Å². The van der Waals surface area contributed by atoms with Gasteiger partial charge in [0.25, 0.3) is 0 Å². The van der Waals surface area contributed by atoms with Crippen LogP contribution in [0.5, 0.6) is 0 Å². The minimum absolute atomic E-state index is 0.00121. The van der Waals surface area contributed by atoms with Crippen LogP contribution in [0.2, 0.25) is 0 Å². The summed E-state index contributed by atoms with van der Waals surface area (Å²) in [5.74, 6) is -1.39. The molecule has 0 fully saturated rings. The van der Waals surface area contributed by atoms with Crippen LogP contribution in [0, 0.1) is 0 Å². The number of anilines is 1. The third kappa shape index (κ3) is 4.19. The number of carbonyl (C=O) groups is 3. The summed E-state index contributed by atoms with van der Waals surface area (Å²) in [4.78, 5) is 34.3. The van der Waals surface area contributed by atoms with E-state index in [0.717, 1.165) is 0 Å². The predicted octanol–water partition coefficient (Wildman–Crippen LogP) is 2.38. The number of esters is 2. The number of amides is 1. The first-order chi connectivity index (χ1) is 11.0. The number of benzene rings is 1. The van der Waals surface area contributed by atoms with E-state index in [1.54, 1.807) is 12.1 Å². The summed E-state index contributed by atoms with van der Waals surface area (Å²) in [5, 5.41) is 2.60. The molecule has 2 aromatic rings. The highest BCUT2D eigenvalue weighted by Crippen LogP contribution is 2.15. The monoisotopic (exact) mass is 317 g/mol. The zero-order valence-corrected chi connectivity index (χ0v) is 12.6. The second kappa shape index (κ2) is 7.26. The molecule has 7 heteroatoms. The molecular formula is C16H15NO6. The molecule has 7 nitrogen and oxygen atoms in total. The lowest BCUT2D eigenvalue weighted by Crippen LogP contribution is -2.09. The van der Waals surface area contributed by atoms with Gasteiger partial charge in [-0.25, -0.2) is 9.59 Å². The van der Waals surface area contributed by atoms with Gasteiger partial charge in [0.05, 0.1) is 18.9 Å². The fourth-order valence-corrected chi connectivity index (χ4v) is 1.84. The van der Waals surface area contributed by atoms with Crippen molar-refractivity contribution in [3.05, 3.63) is 53.5 Å². The molecule has 0 aliphatic rings. The number of rotatable bonds is 5. The van der Waals surface area contributed by atoms with Crippen molar-refractivity contribution in [2.45, 2.75) is 13.5 Å². The van der Waals surface area contributed by atoms with Crippen LogP contribution in [-0.4, -0.2) is 25.0 Å². The summed E-state index contributed by atoms with van der Waals surface area (Å²) in [6, 6.07) is 7.78. The van der Waals surface area contributed by atoms with Gasteiger partial charge in [-0.2, -0.15) is 0 Å². The molecule has 0 saturated heterocycles. The lowest BCUT2D eigenvalue weighted by Gasteiger charge is -2.06. The third-order valence-corrected chi connectivity index (χ3v) is 2.92. The second-order valence-electron chi connectivity index (χ2n) is 4.60. The lowest BCUT2D eigenvalue weighted by molar-refractivity contribution is -0.114. The lowest BCUT2D eigenvalue weighted by atomic mass is 10.2. The van der Waals surface area contributed by atoms with Gasteiger partial charge in [0.15, 0.2) is 0 Å². The van der Waals surface area contributed by atoms with E-state index in [9.17, 15) is 14.4 Å². The van der Waals surface area contributed by atoms with E-state index in [2.05, 4.69) is 10.1 Å². The highest BCUT2D eigenvalue weighted by molar-refractivity contribution is 5.92. The maximum Gasteiger partial charge on any atom is 0.374 e. The summed E-state index contributed by atoms with van der Waals surface area (Å²) < 4.78 is 14.7. The third-order valence-electron chi connectivity index (χ3n) is 2.92. The van der Waals surface area contributed by atoms with Gasteiger partial charge in [-0.05, 0) is 30.3 Å². The van der Waals surface area contributed by atoms with E-state index in [1.807, 2.05) is 0 Å². The van der Waals surface area contributed by atoms with Gasteiger partial charge in [-0.15, -0.1) is 0 Å². The number of hydrogen-bond acceptors (Lipinski definition) is 6. The Morgan fingerprint density at radius 1 is 1.09 bits per heavy atom. The Morgan fingerprint density at radius 2 is 1.78 bits per heavy atom. The van der Waals surface area contributed by atoms with Gasteiger partial charge >= 0.3 is 11.9 Å². The molecule has 1 aromatic heterocycles. The Labute approximate surface area is 132 Å². The average molecular weight is 317 g/mol. The largest absolute Gasteiger partial charge is 0.463 e. The van der Waals surface area contributed by atoms with Gasteiger partial charge in [0, 0.05) is 18.2 Å². The van der Waals surface area contributed by atoms with E-state index in [-0.39, 0.29) is 18.3 Å². The Bertz CT molecular complexity index is 716. The van der Waals surface area contributed by atoms with Gasteiger partial charge in [0.1, 0.15) is 6.61 Å². The van der Waals surface area contributed by atoms with Crippen LogP contribution >= 0.6 is 0 Å². The topological polar surface area (TPSA) is 94.8 Å². The fraction of sp³-hybridized carbons (Fsp3) is 0.188. The zero-order chi connectivity index (χ0) is 16.8. The molecule has 0 saturated carbocycles. The van der Waals surface area contributed by atoms with E-state index in [4.69, 9.17) is 9.15 Å². The van der Waals surface area contributed by atoms with E-state index >= 15 is 0 Å². The summed E-state index contributed by atoms with van der Waals surface area (Å²) in [5.41, 5.74) is 1.32. The smallest absolute Gasteiger partial charge is 0.374 e. The number of furan rings is 1. The Kier molecular flexibility index (Phi) is 5.14. The highest BCUT2D eigenvalue weighted by atomic mass is 16.5. The standard InChI is InChI=1S/C16H15NO6/c1-10(18)17-13-5-3-11(4-6-13)15(19)23-9-12-7-8-22-14(12)16(20)21-2/h3-8H,9H2,1-2H3,(H,17,18). The van der Waals surface area contributed by atoms with Crippen LogP contribution in [-0.2, 0) is 20.9 Å². The second-order valence-corrected chi connectivity index (χ2v) is 4.60. The van der Waals surface area contributed by atoms with Gasteiger partial charge < -0.3 is 19.2 Å². The molecule has 120 valence electrons. The summed E-state index contributed by atoms with van der Waals surface area (Å²) in [6.07, 6.45) is 1.32. The number of nitrogens with one attached hydrogen (secondary N) is 1. The van der Waals surface area contributed by atoms with Crippen LogP contribution < -0.4 is 5.32 Å². The summed E-state index contributed by atoms with van der Waals surface area (Å²) in [7, 11) is 1.23.